The van der Waals surface area contributed by atoms with Crippen molar-refractivity contribution >= 4 is 33.4 Å². The van der Waals surface area contributed by atoms with Crippen LogP contribution in [0.4, 0.5) is 0 Å². The van der Waals surface area contributed by atoms with Crippen molar-refractivity contribution < 1.29 is 9.59 Å². The molecule has 5 nitrogen and oxygen atoms in total. The summed E-state index contributed by atoms with van der Waals surface area (Å²) in [7, 11) is 0. The molecule has 1 atom stereocenters. The van der Waals surface area contributed by atoms with Gasteiger partial charge in [0.1, 0.15) is 11.2 Å². The van der Waals surface area contributed by atoms with E-state index in [0.29, 0.717) is 6.54 Å². The minimum atomic E-state index is -0.844. The lowest BCUT2D eigenvalue weighted by Gasteiger charge is -2.49. The molecule has 2 amide bonds. The standard InChI is InChI=1S/C24H33N3O2S/c1-16-8-10-17(11-9-16)25-23(29)24(2)15-26-19-12-13-30-21(19)14-20(26)22(28)27(24)18-6-4-3-5-7-18/h12-14,16-18H,3-11,15H2,1-2H3,(H,25,29). The molecule has 0 aromatic carbocycles. The Morgan fingerprint density at radius 3 is 2.60 bits per heavy atom. The predicted octanol–water partition coefficient (Wildman–Crippen LogP) is 4.94. The van der Waals surface area contributed by atoms with Crippen LogP contribution in [0.25, 0.3) is 10.2 Å². The van der Waals surface area contributed by atoms with Crippen LogP contribution in [0.15, 0.2) is 17.5 Å². The van der Waals surface area contributed by atoms with Crippen LogP contribution in [-0.4, -0.2) is 38.9 Å². The predicted molar refractivity (Wildman–Crippen MR) is 121 cm³/mol. The maximum Gasteiger partial charge on any atom is 0.271 e. The summed E-state index contributed by atoms with van der Waals surface area (Å²) >= 11 is 1.66. The molecular weight excluding hydrogens is 394 g/mol. The van der Waals surface area contributed by atoms with Crippen LogP contribution in [0.1, 0.15) is 82.1 Å². The summed E-state index contributed by atoms with van der Waals surface area (Å²) in [6, 6.07) is 4.50. The fourth-order valence-electron chi connectivity index (χ4n) is 5.89. The van der Waals surface area contributed by atoms with E-state index in [1.54, 1.807) is 11.3 Å². The zero-order valence-electron chi connectivity index (χ0n) is 18.2. The highest BCUT2D eigenvalue weighted by atomic mass is 32.1. The average molecular weight is 428 g/mol. The summed E-state index contributed by atoms with van der Waals surface area (Å²) in [5.74, 6) is 0.813. The van der Waals surface area contributed by atoms with E-state index in [1.807, 2.05) is 17.9 Å². The molecule has 30 heavy (non-hydrogen) atoms. The minimum Gasteiger partial charge on any atom is -0.351 e. The van der Waals surface area contributed by atoms with E-state index in [-0.39, 0.29) is 23.9 Å². The van der Waals surface area contributed by atoms with Gasteiger partial charge in [-0.25, -0.2) is 0 Å². The molecule has 162 valence electrons. The smallest absolute Gasteiger partial charge is 0.271 e. The number of thiophene rings is 1. The van der Waals surface area contributed by atoms with Crippen molar-refractivity contribution in [2.24, 2.45) is 5.92 Å². The van der Waals surface area contributed by atoms with Gasteiger partial charge in [0.05, 0.1) is 16.8 Å². The van der Waals surface area contributed by atoms with Crippen LogP contribution in [0.2, 0.25) is 0 Å². The van der Waals surface area contributed by atoms with E-state index in [1.165, 1.54) is 19.3 Å². The number of carbonyl (C=O) groups excluding carboxylic acids is 2. The summed E-state index contributed by atoms with van der Waals surface area (Å²) < 4.78 is 3.23. The number of aromatic nitrogens is 1. The van der Waals surface area contributed by atoms with Gasteiger partial charge in [0.25, 0.3) is 5.91 Å². The van der Waals surface area contributed by atoms with Crippen LogP contribution in [-0.2, 0) is 11.3 Å². The van der Waals surface area contributed by atoms with Crippen molar-refractivity contribution in [3.63, 3.8) is 0 Å². The van der Waals surface area contributed by atoms with Crippen LogP contribution in [0.3, 0.4) is 0 Å². The summed E-state index contributed by atoms with van der Waals surface area (Å²) in [6.45, 7) is 4.84. The lowest BCUT2D eigenvalue weighted by atomic mass is 9.85. The van der Waals surface area contributed by atoms with Gasteiger partial charge < -0.3 is 14.8 Å². The Bertz CT molecular complexity index is 949. The van der Waals surface area contributed by atoms with Gasteiger partial charge in [-0.1, -0.05) is 26.2 Å². The van der Waals surface area contributed by atoms with Gasteiger partial charge in [-0.15, -0.1) is 11.3 Å². The van der Waals surface area contributed by atoms with Gasteiger partial charge in [0.15, 0.2) is 0 Å². The number of fused-ring (bicyclic) bond motifs is 3. The summed E-state index contributed by atoms with van der Waals surface area (Å²) in [5.41, 5.74) is 0.986. The highest BCUT2D eigenvalue weighted by Crippen LogP contribution is 2.38. The Morgan fingerprint density at radius 1 is 1.13 bits per heavy atom. The molecule has 1 aliphatic heterocycles. The fourth-order valence-corrected chi connectivity index (χ4v) is 6.71. The third kappa shape index (κ3) is 3.28. The highest BCUT2D eigenvalue weighted by Gasteiger charge is 2.50. The Balaban J connectivity index is 1.50. The molecule has 1 unspecified atom stereocenters. The zero-order chi connectivity index (χ0) is 20.9. The van der Waals surface area contributed by atoms with Crippen molar-refractivity contribution in [3.05, 3.63) is 23.2 Å². The molecule has 0 radical (unpaired) electrons. The molecular formula is C24H33N3O2S. The van der Waals surface area contributed by atoms with Crippen molar-refractivity contribution in [2.75, 3.05) is 0 Å². The normalized spacial score (nSPS) is 30.5. The molecule has 2 aromatic heterocycles. The summed E-state index contributed by atoms with van der Waals surface area (Å²) in [5, 5.41) is 5.43. The molecule has 6 heteroatoms. The van der Waals surface area contributed by atoms with Crippen LogP contribution < -0.4 is 5.32 Å². The van der Waals surface area contributed by atoms with Gasteiger partial charge in [-0.3, -0.25) is 9.59 Å². The first-order chi connectivity index (χ1) is 14.5. The lowest BCUT2D eigenvalue weighted by Crippen LogP contribution is -2.67. The van der Waals surface area contributed by atoms with Crippen LogP contribution >= 0.6 is 11.3 Å². The van der Waals surface area contributed by atoms with Crippen molar-refractivity contribution in [3.8, 4) is 0 Å². The summed E-state index contributed by atoms with van der Waals surface area (Å²) in [6.07, 6.45) is 9.96. The molecule has 2 fully saturated rings. The van der Waals surface area contributed by atoms with Crippen molar-refractivity contribution in [2.45, 2.75) is 95.8 Å². The van der Waals surface area contributed by atoms with Gasteiger partial charge in [-0.05, 0) is 68.9 Å². The first-order valence-electron chi connectivity index (χ1n) is 11.7. The molecule has 0 saturated heterocycles. The lowest BCUT2D eigenvalue weighted by molar-refractivity contribution is -0.135. The van der Waals surface area contributed by atoms with Crippen LogP contribution in [0, 0.1) is 5.92 Å². The number of rotatable bonds is 3. The average Bonchev–Trinajstić information content (AvgIpc) is 3.33. The van der Waals surface area contributed by atoms with E-state index in [9.17, 15) is 9.59 Å². The third-order valence-corrected chi connectivity index (χ3v) is 8.59. The largest absolute Gasteiger partial charge is 0.351 e. The Labute approximate surface area is 182 Å². The first-order valence-corrected chi connectivity index (χ1v) is 12.6. The van der Waals surface area contributed by atoms with E-state index in [2.05, 4.69) is 28.3 Å². The first kappa shape index (κ1) is 20.1. The van der Waals surface area contributed by atoms with E-state index < -0.39 is 5.54 Å². The molecule has 2 aromatic rings. The number of hydrogen-bond donors (Lipinski definition) is 1. The number of amides is 2. The third-order valence-electron chi connectivity index (χ3n) is 7.74. The molecule has 2 aliphatic carbocycles. The number of carbonyl (C=O) groups is 2. The van der Waals surface area contributed by atoms with Gasteiger partial charge in [0.2, 0.25) is 5.91 Å². The second-order valence-corrected chi connectivity index (χ2v) is 10.9. The number of nitrogens with zero attached hydrogens (tertiary/aromatic N) is 2. The molecule has 3 heterocycles. The molecule has 0 bridgehead atoms. The Kier molecular flexibility index (Phi) is 5.16. The second kappa shape index (κ2) is 7.70. The maximum absolute atomic E-state index is 13.8. The van der Waals surface area contributed by atoms with Gasteiger partial charge in [-0.2, -0.15) is 0 Å². The minimum absolute atomic E-state index is 0.0312. The quantitative estimate of drug-likeness (QED) is 0.754. The maximum atomic E-state index is 13.8. The highest BCUT2D eigenvalue weighted by molar-refractivity contribution is 7.17. The summed E-state index contributed by atoms with van der Waals surface area (Å²) in [4.78, 5) is 29.5. The number of hydrogen-bond acceptors (Lipinski definition) is 3. The van der Waals surface area contributed by atoms with E-state index in [4.69, 9.17) is 0 Å². The van der Waals surface area contributed by atoms with Gasteiger partial charge in [0, 0.05) is 12.1 Å². The molecule has 2 saturated carbocycles. The zero-order valence-corrected chi connectivity index (χ0v) is 19.0. The van der Waals surface area contributed by atoms with E-state index >= 15 is 0 Å². The molecule has 5 rings (SSSR count). The molecule has 3 aliphatic rings. The van der Waals surface area contributed by atoms with E-state index in [0.717, 1.165) is 60.4 Å². The topological polar surface area (TPSA) is 54.3 Å². The Hall–Kier alpha value is -1.82. The molecule has 0 spiro atoms. The Morgan fingerprint density at radius 2 is 1.87 bits per heavy atom. The second-order valence-electron chi connectivity index (χ2n) is 9.96. The van der Waals surface area contributed by atoms with Crippen LogP contribution in [0.5, 0.6) is 0 Å². The number of nitrogens with one attached hydrogen (secondary N) is 1. The van der Waals surface area contributed by atoms with Crippen molar-refractivity contribution in [1.29, 1.82) is 0 Å². The molecule has 1 N–H and O–H groups in total. The van der Waals surface area contributed by atoms with Gasteiger partial charge >= 0.3 is 0 Å². The van der Waals surface area contributed by atoms with Crippen molar-refractivity contribution in [1.82, 2.24) is 14.8 Å². The fraction of sp³-hybridized carbons (Fsp3) is 0.667. The SMILES string of the molecule is CC1CCC(NC(=O)C2(C)Cn3c(cc4sccc43)C(=O)N2C2CCCCC2)CC1. The monoisotopic (exact) mass is 427 g/mol.